The Morgan fingerprint density at radius 2 is 2.25 bits per heavy atom. The third kappa shape index (κ3) is 2.82. The van der Waals surface area contributed by atoms with Gasteiger partial charge in [0, 0.05) is 13.1 Å². The molecular weight excluding hydrogens is 200 g/mol. The summed E-state index contributed by atoms with van der Waals surface area (Å²) < 4.78 is 2.12. The third-order valence-electron chi connectivity index (χ3n) is 3.20. The van der Waals surface area contributed by atoms with Crippen LogP contribution in [-0.2, 0) is 19.5 Å². The van der Waals surface area contributed by atoms with Gasteiger partial charge in [-0.05, 0) is 25.8 Å². The number of aromatic nitrogens is 3. The van der Waals surface area contributed by atoms with Gasteiger partial charge in [0.2, 0.25) is 0 Å². The standard InChI is InChI=1S/C12H22N4/c1-3-4-12-11(9-13-2)14-15-16(12)8-7-10-5-6-10/h10,13H,3-9H2,1-2H3. The van der Waals surface area contributed by atoms with E-state index in [1.165, 1.54) is 25.0 Å². The first kappa shape index (κ1) is 11.6. The highest BCUT2D eigenvalue weighted by Crippen LogP contribution is 2.32. The van der Waals surface area contributed by atoms with Gasteiger partial charge < -0.3 is 5.32 Å². The predicted octanol–water partition coefficient (Wildman–Crippen LogP) is 1.75. The Labute approximate surface area is 97.4 Å². The van der Waals surface area contributed by atoms with Gasteiger partial charge in [0.1, 0.15) is 0 Å². The van der Waals surface area contributed by atoms with E-state index in [2.05, 4.69) is 27.2 Å². The van der Waals surface area contributed by atoms with Crippen LogP contribution in [-0.4, -0.2) is 22.0 Å². The molecule has 4 heteroatoms. The van der Waals surface area contributed by atoms with Crippen LogP contribution >= 0.6 is 0 Å². The van der Waals surface area contributed by atoms with Gasteiger partial charge in [-0.25, -0.2) is 4.68 Å². The SMILES string of the molecule is CCCc1c(CNC)nnn1CCC1CC1. The second kappa shape index (κ2) is 5.43. The van der Waals surface area contributed by atoms with Crippen molar-refractivity contribution in [2.75, 3.05) is 7.05 Å². The molecule has 90 valence electrons. The quantitative estimate of drug-likeness (QED) is 0.764. The molecule has 0 bridgehead atoms. The van der Waals surface area contributed by atoms with Crippen molar-refractivity contribution in [1.29, 1.82) is 0 Å². The number of hydrogen-bond donors (Lipinski definition) is 1. The largest absolute Gasteiger partial charge is 0.314 e. The summed E-state index contributed by atoms with van der Waals surface area (Å²) in [4.78, 5) is 0. The van der Waals surface area contributed by atoms with E-state index in [0.29, 0.717) is 0 Å². The second-order valence-corrected chi connectivity index (χ2v) is 4.72. The van der Waals surface area contributed by atoms with Crippen LogP contribution in [0.15, 0.2) is 0 Å². The summed E-state index contributed by atoms with van der Waals surface area (Å²) in [7, 11) is 1.96. The van der Waals surface area contributed by atoms with E-state index in [0.717, 1.165) is 37.5 Å². The van der Waals surface area contributed by atoms with Gasteiger partial charge in [-0.2, -0.15) is 0 Å². The minimum atomic E-state index is 0.832. The predicted molar refractivity (Wildman–Crippen MR) is 64.1 cm³/mol. The Morgan fingerprint density at radius 1 is 1.44 bits per heavy atom. The maximum Gasteiger partial charge on any atom is 0.0996 e. The molecule has 1 aromatic heterocycles. The molecule has 4 nitrogen and oxygen atoms in total. The lowest BCUT2D eigenvalue weighted by Gasteiger charge is -2.06. The van der Waals surface area contributed by atoms with Gasteiger partial charge in [-0.1, -0.05) is 31.4 Å². The fourth-order valence-electron chi connectivity index (χ4n) is 2.07. The first-order chi connectivity index (χ1) is 7.85. The Kier molecular flexibility index (Phi) is 3.93. The Hall–Kier alpha value is -0.900. The highest BCUT2D eigenvalue weighted by molar-refractivity contribution is 5.10. The molecular formula is C12H22N4. The molecule has 1 fully saturated rings. The summed E-state index contributed by atoms with van der Waals surface area (Å²) in [5.41, 5.74) is 2.46. The van der Waals surface area contributed by atoms with Crippen LogP contribution in [0.5, 0.6) is 0 Å². The van der Waals surface area contributed by atoms with Gasteiger partial charge in [0.05, 0.1) is 11.4 Å². The normalized spacial score (nSPS) is 15.6. The number of rotatable bonds is 7. The lowest BCUT2D eigenvalue weighted by atomic mass is 10.2. The topological polar surface area (TPSA) is 42.7 Å². The van der Waals surface area contributed by atoms with E-state index in [9.17, 15) is 0 Å². The van der Waals surface area contributed by atoms with Crippen LogP contribution in [0.1, 0.15) is 44.0 Å². The number of nitrogens with zero attached hydrogens (tertiary/aromatic N) is 3. The molecule has 0 spiro atoms. The summed E-state index contributed by atoms with van der Waals surface area (Å²) in [6.07, 6.45) is 6.36. The molecule has 0 amide bonds. The van der Waals surface area contributed by atoms with Crippen LogP contribution in [0.3, 0.4) is 0 Å². The van der Waals surface area contributed by atoms with E-state index < -0.39 is 0 Å². The molecule has 0 radical (unpaired) electrons. The lowest BCUT2D eigenvalue weighted by Crippen LogP contribution is -2.10. The lowest BCUT2D eigenvalue weighted by molar-refractivity contribution is 0.512. The Bertz CT molecular complexity index is 328. The van der Waals surface area contributed by atoms with Crippen molar-refractivity contribution in [2.24, 2.45) is 5.92 Å². The van der Waals surface area contributed by atoms with E-state index in [1.807, 2.05) is 7.05 Å². The summed E-state index contributed by atoms with van der Waals surface area (Å²) in [5, 5.41) is 11.7. The van der Waals surface area contributed by atoms with Gasteiger partial charge in [-0.3, -0.25) is 0 Å². The van der Waals surface area contributed by atoms with E-state index >= 15 is 0 Å². The highest BCUT2D eigenvalue weighted by Gasteiger charge is 2.21. The molecule has 1 saturated carbocycles. The van der Waals surface area contributed by atoms with Crippen molar-refractivity contribution in [1.82, 2.24) is 20.3 Å². The van der Waals surface area contributed by atoms with E-state index in [4.69, 9.17) is 0 Å². The van der Waals surface area contributed by atoms with Crippen molar-refractivity contribution in [3.63, 3.8) is 0 Å². The first-order valence-corrected chi connectivity index (χ1v) is 6.41. The van der Waals surface area contributed by atoms with Crippen LogP contribution < -0.4 is 5.32 Å². The Morgan fingerprint density at radius 3 is 2.88 bits per heavy atom. The average molecular weight is 222 g/mol. The van der Waals surface area contributed by atoms with Gasteiger partial charge in [0.25, 0.3) is 0 Å². The molecule has 1 N–H and O–H groups in total. The molecule has 2 rings (SSSR count). The van der Waals surface area contributed by atoms with Crippen LogP contribution in [0.25, 0.3) is 0 Å². The third-order valence-corrected chi connectivity index (χ3v) is 3.20. The zero-order chi connectivity index (χ0) is 11.4. The number of nitrogens with one attached hydrogen (secondary N) is 1. The fraction of sp³-hybridized carbons (Fsp3) is 0.833. The second-order valence-electron chi connectivity index (χ2n) is 4.72. The maximum atomic E-state index is 4.28. The molecule has 0 aromatic carbocycles. The van der Waals surface area contributed by atoms with Crippen molar-refractivity contribution < 1.29 is 0 Å². The van der Waals surface area contributed by atoms with Gasteiger partial charge in [-0.15, -0.1) is 5.10 Å². The molecule has 1 aliphatic rings. The first-order valence-electron chi connectivity index (χ1n) is 6.41. The highest BCUT2D eigenvalue weighted by atomic mass is 15.4. The number of hydrogen-bond acceptors (Lipinski definition) is 3. The zero-order valence-corrected chi connectivity index (χ0v) is 10.4. The summed E-state index contributed by atoms with van der Waals surface area (Å²) in [6.45, 7) is 4.09. The number of aryl methyl sites for hydroxylation is 1. The molecule has 1 aliphatic carbocycles. The molecule has 1 aromatic rings. The summed E-state index contributed by atoms with van der Waals surface area (Å²) in [5.74, 6) is 0.964. The van der Waals surface area contributed by atoms with Crippen LogP contribution in [0.4, 0.5) is 0 Å². The zero-order valence-electron chi connectivity index (χ0n) is 10.4. The van der Waals surface area contributed by atoms with Gasteiger partial charge >= 0.3 is 0 Å². The monoisotopic (exact) mass is 222 g/mol. The van der Waals surface area contributed by atoms with Crippen LogP contribution in [0.2, 0.25) is 0 Å². The maximum absolute atomic E-state index is 4.28. The van der Waals surface area contributed by atoms with Crippen molar-refractivity contribution >= 4 is 0 Å². The molecule has 1 heterocycles. The molecule has 0 atom stereocenters. The molecule has 16 heavy (non-hydrogen) atoms. The molecule has 0 saturated heterocycles. The van der Waals surface area contributed by atoms with E-state index in [-0.39, 0.29) is 0 Å². The van der Waals surface area contributed by atoms with Crippen molar-refractivity contribution in [3.05, 3.63) is 11.4 Å². The van der Waals surface area contributed by atoms with E-state index in [1.54, 1.807) is 0 Å². The minimum Gasteiger partial charge on any atom is -0.314 e. The summed E-state index contributed by atoms with van der Waals surface area (Å²) >= 11 is 0. The van der Waals surface area contributed by atoms with Crippen molar-refractivity contribution in [2.45, 2.75) is 52.1 Å². The van der Waals surface area contributed by atoms with Gasteiger partial charge in [0.15, 0.2) is 0 Å². The summed E-state index contributed by atoms with van der Waals surface area (Å²) in [6, 6.07) is 0. The van der Waals surface area contributed by atoms with Crippen molar-refractivity contribution in [3.8, 4) is 0 Å². The minimum absolute atomic E-state index is 0.832. The smallest absolute Gasteiger partial charge is 0.0996 e. The Balaban J connectivity index is 2.02. The molecule has 0 aliphatic heterocycles. The van der Waals surface area contributed by atoms with Crippen LogP contribution in [0, 0.1) is 5.92 Å². The molecule has 0 unspecified atom stereocenters. The fourth-order valence-corrected chi connectivity index (χ4v) is 2.07. The average Bonchev–Trinajstić information content (AvgIpc) is 3.04.